The number of carbonyl (C=O) groups excluding carboxylic acids is 1. The van der Waals surface area contributed by atoms with E-state index in [0.29, 0.717) is 16.6 Å². The van der Waals surface area contributed by atoms with E-state index in [1.54, 1.807) is 32.4 Å². The number of hydrogen-bond acceptors (Lipinski definition) is 11. The molecule has 2 heterocycles. The lowest BCUT2D eigenvalue weighted by molar-refractivity contribution is -0.116. The second-order valence-corrected chi connectivity index (χ2v) is 21.5. The zero-order valence-corrected chi connectivity index (χ0v) is 37.0. The monoisotopic (exact) mass is 851 g/mol. The summed E-state index contributed by atoms with van der Waals surface area (Å²) in [5.74, 6) is 0.274. The van der Waals surface area contributed by atoms with E-state index in [2.05, 4.69) is 46.5 Å². The maximum Gasteiger partial charge on any atom is 0.351 e. The predicted octanol–water partition coefficient (Wildman–Crippen LogP) is 8.10. The summed E-state index contributed by atoms with van der Waals surface area (Å²) in [4.78, 5) is 30.9. The molecule has 1 aliphatic rings. The zero-order chi connectivity index (χ0) is 43.9. The number of nitrogens with zero attached hydrogens (tertiary/aromatic N) is 3. The molecule has 0 bridgehead atoms. The second-order valence-electron chi connectivity index (χ2n) is 16.0. The lowest BCUT2D eigenvalue weighted by Gasteiger charge is -2.42. The Morgan fingerprint density at radius 2 is 1.30 bits per heavy atom. The van der Waals surface area contributed by atoms with Crippen LogP contribution in [-0.4, -0.2) is 80.0 Å². The fourth-order valence-corrected chi connectivity index (χ4v) is 14.1. The van der Waals surface area contributed by atoms with E-state index in [4.69, 9.17) is 28.1 Å². The molecule has 0 unspecified atom stereocenters. The number of aliphatic hydroxyl groups excluding tert-OH is 1. The van der Waals surface area contributed by atoms with Crippen LogP contribution >= 0.6 is 0 Å². The van der Waals surface area contributed by atoms with Gasteiger partial charge in [0, 0.05) is 17.8 Å². The molecule has 0 aliphatic carbocycles. The van der Waals surface area contributed by atoms with Gasteiger partial charge in [-0.3, -0.25) is 14.6 Å². The predicted molar refractivity (Wildman–Crippen MR) is 234 cm³/mol. The highest BCUT2D eigenvalue weighted by Crippen LogP contribution is 2.44. The van der Waals surface area contributed by atoms with E-state index in [1.165, 1.54) is 29.0 Å². The highest BCUT2D eigenvalue weighted by Gasteiger charge is 2.50. The number of benzene rings is 4. The highest BCUT2D eigenvalue weighted by atomic mass is 28.4. The molecule has 13 nitrogen and oxygen atoms in total. The van der Waals surface area contributed by atoms with Crippen molar-refractivity contribution >= 4 is 20.0 Å². The van der Waals surface area contributed by atoms with E-state index in [-0.39, 0.29) is 41.4 Å². The van der Waals surface area contributed by atoms with Gasteiger partial charge in [-0.15, -0.1) is 0 Å². The zero-order valence-electron chi connectivity index (χ0n) is 36.0. The third-order valence-electron chi connectivity index (χ3n) is 11.7. The Labute approximate surface area is 358 Å². The Kier molecular flexibility index (Phi) is 14.6. The van der Waals surface area contributed by atoms with E-state index in [1.807, 2.05) is 78.9 Å². The molecule has 1 aromatic heterocycles. The van der Waals surface area contributed by atoms with Crippen LogP contribution in [0.4, 0.5) is 5.82 Å². The van der Waals surface area contributed by atoms with Crippen molar-refractivity contribution in [1.82, 2.24) is 9.55 Å². The van der Waals surface area contributed by atoms with E-state index >= 15 is 0 Å². The lowest BCUT2D eigenvalue weighted by Crippen LogP contribution is -2.49. The van der Waals surface area contributed by atoms with Gasteiger partial charge < -0.3 is 33.2 Å². The fourth-order valence-electron chi connectivity index (χ4n) is 8.78. The first-order valence-electron chi connectivity index (χ1n) is 20.5. The molecule has 1 fully saturated rings. The third kappa shape index (κ3) is 9.21. The fraction of sp³-hybridized carbons (Fsp3) is 0.383. The molecule has 6 rings (SSSR count). The number of aliphatic hydroxyl groups is 1. The number of anilines is 1. The minimum atomic E-state index is -2.41. The smallest absolute Gasteiger partial charge is 0.351 e. The van der Waals surface area contributed by atoms with E-state index in [0.717, 1.165) is 16.7 Å². The maximum atomic E-state index is 13.8. The van der Waals surface area contributed by atoms with Crippen LogP contribution in [0.3, 0.4) is 0 Å². The molecule has 2 N–H and O–H groups in total. The average molecular weight is 852 g/mol. The second kappa shape index (κ2) is 19.7. The minimum Gasteiger partial charge on any atom is -0.497 e. The quantitative estimate of drug-likeness (QED) is 0.0289. The van der Waals surface area contributed by atoms with Gasteiger partial charge >= 0.3 is 5.69 Å². The molecule has 61 heavy (non-hydrogen) atoms. The van der Waals surface area contributed by atoms with Crippen molar-refractivity contribution in [2.24, 2.45) is 0 Å². The number of methoxy groups -OCH3 is 2. The number of carbonyl (C=O) groups is 1. The minimum absolute atomic E-state index is 0.155. The molecule has 5 aromatic rings. The molecular weight excluding hydrogens is 795 g/mol. The highest BCUT2D eigenvalue weighted by molar-refractivity contribution is 6.77. The summed E-state index contributed by atoms with van der Waals surface area (Å²) in [6, 6.07) is 34.4. The number of amides is 1. The summed E-state index contributed by atoms with van der Waals surface area (Å²) in [6.45, 7) is 12.7. The van der Waals surface area contributed by atoms with E-state index in [9.17, 15) is 19.9 Å². The Hall–Kier alpha value is -5.19. The van der Waals surface area contributed by atoms with Crippen LogP contribution in [0.25, 0.3) is 0 Å². The van der Waals surface area contributed by atoms with Crippen LogP contribution in [0.2, 0.25) is 16.6 Å². The number of rotatable bonds is 18. The van der Waals surface area contributed by atoms with Gasteiger partial charge in [-0.05, 0) is 69.7 Å². The van der Waals surface area contributed by atoms with Crippen molar-refractivity contribution in [3.05, 3.63) is 154 Å². The van der Waals surface area contributed by atoms with Gasteiger partial charge in [-0.25, -0.2) is 4.79 Å². The van der Waals surface area contributed by atoms with Crippen LogP contribution in [0.5, 0.6) is 11.5 Å². The van der Waals surface area contributed by atoms with Crippen molar-refractivity contribution in [2.75, 3.05) is 32.7 Å². The molecule has 0 spiro atoms. The molecule has 0 saturated carbocycles. The van der Waals surface area contributed by atoms with Gasteiger partial charge in [-0.2, -0.15) is 10.0 Å². The number of hydrogen-bond donors (Lipinski definition) is 2. The molecule has 4 atom stereocenters. The van der Waals surface area contributed by atoms with Gasteiger partial charge in [0.15, 0.2) is 12.0 Å². The molecule has 4 aromatic carbocycles. The number of aromatic nitrogens is 2. The summed E-state index contributed by atoms with van der Waals surface area (Å²) < 4.78 is 39.0. The molecule has 1 saturated heterocycles. The van der Waals surface area contributed by atoms with Crippen molar-refractivity contribution in [2.45, 2.75) is 88.3 Å². The topological polar surface area (TPSA) is 151 Å². The third-order valence-corrected chi connectivity index (χ3v) is 17.8. The Bertz CT molecular complexity index is 2170. The van der Waals surface area contributed by atoms with Crippen LogP contribution < -0.4 is 20.2 Å². The summed E-state index contributed by atoms with van der Waals surface area (Å²) in [5, 5.41) is 23.3. The molecule has 0 radical (unpaired) electrons. The van der Waals surface area contributed by atoms with Gasteiger partial charge in [0.1, 0.15) is 42.2 Å². The molecule has 1 aliphatic heterocycles. The first-order valence-corrected chi connectivity index (χ1v) is 22.7. The first kappa shape index (κ1) is 45.3. The Balaban J connectivity index is 1.37. The van der Waals surface area contributed by atoms with Crippen LogP contribution in [0.1, 0.15) is 74.8 Å². The number of hydroxylamine groups is 1. The lowest BCUT2D eigenvalue weighted by atomic mass is 9.80. The van der Waals surface area contributed by atoms with Crippen LogP contribution in [0.15, 0.2) is 126 Å². The van der Waals surface area contributed by atoms with Gasteiger partial charge in [0.2, 0.25) is 8.32 Å². The Morgan fingerprint density at radius 1 is 0.787 bits per heavy atom. The molecule has 14 heteroatoms. The van der Waals surface area contributed by atoms with Crippen molar-refractivity contribution in [3.8, 4) is 11.5 Å². The number of ether oxygens (including phenoxy) is 5. The standard InChI is InChI=1S/C47H57N3O10Si/c1-31(2)61(32(3)4,33(5)6)59-30-57-43-42(51)40(60-45(43)49-28-27-41(48-46(49)53)50(54)44(52)34-15-11-9-12-16-34)29-58-47(35-17-13-10-14-18-35,36-19-23-38(55-7)24-20-36)37-21-25-39(56-8)26-22-37/h9-28,31-33,40,42-43,45,51,54H,29-30H2,1-8H3/t40-,42-,43-,45-/m1/s1. The van der Waals surface area contributed by atoms with Crippen molar-refractivity contribution in [1.29, 1.82) is 0 Å². The van der Waals surface area contributed by atoms with Crippen molar-refractivity contribution in [3.63, 3.8) is 0 Å². The van der Waals surface area contributed by atoms with Gasteiger partial charge in [0.05, 0.1) is 20.8 Å². The SMILES string of the molecule is COc1ccc(C(OC[C@H]2O[C@@H](n3ccc(N(O)C(=O)c4ccccc4)nc3=O)[C@H](OCO[Si](C(C)C)(C(C)C)C(C)C)[C@@H]2O)(c2ccccc2)c2ccc(OC)cc2)cc1. The average Bonchev–Trinajstić information content (AvgIpc) is 3.58. The maximum absolute atomic E-state index is 13.8. The van der Waals surface area contributed by atoms with E-state index < -0.39 is 50.1 Å². The molecule has 1 amide bonds. The van der Waals surface area contributed by atoms with Crippen molar-refractivity contribution < 1.29 is 43.2 Å². The summed E-state index contributed by atoms with van der Waals surface area (Å²) in [5.41, 5.74) is 1.28. The molecule has 324 valence electrons. The summed E-state index contributed by atoms with van der Waals surface area (Å²) in [7, 11) is 0.797. The van der Waals surface area contributed by atoms with Crippen LogP contribution in [-0.2, 0) is 24.2 Å². The molecular formula is C47H57N3O10Si. The normalized spacial score (nSPS) is 18.2. The Morgan fingerprint density at radius 3 is 1.79 bits per heavy atom. The van der Waals surface area contributed by atoms with Gasteiger partial charge in [0.25, 0.3) is 5.91 Å². The summed E-state index contributed by atoms with van der Waals surface area (Å²) in [6.07, 6.45) is -3.33. The largest absolute Gasteiger partial charge is 0.497 e. The first-order chi connectivity index (χ1) is 29.3. The van der Waals surface area contributed by atoms with Crippen LogP contribution in [0, 0.1) is 0 Å². The summed E-state index contributed by atoms with van der Waals surface area (Å²) >= 11 is 0. The van der Waals surface area contributed by atoms with Gasteiger partial charge in [-0.1, -0.05) is 114 Å².